The molecule has 2 amide bonds. The number of aliphatic hydroxyl groups excluding tert-OH is 1. The normalized spacial score (nSPS) is 31.9. The molecule has 3 unspecified atom stereocenters. The number of carboxylic acid groups (broad SMARTS) is 1. The summed E-state index contributed by atoms with van der Waals surface area (Å²) in [5.74, 6) is -3.01. The highest BCUT2D eigenvalue weighted by Gasteiger charge is 2.76. The summed E-state index contributed by atoms with van der Waals surface area (Å²) in [5, 5.41) is 20.4. The van der Waals surface area contributed by atoms with Gasteiger partial charge in [-0.25, -0.2) is 0 Å². The summed E-state index contributed by atoms with van der Waals surface area (Å²) in [7, 11) is 0. The third-order valence-electron chi connectivity index (χ3n) is 8.06. The number of thioether (sulfide) groups is 1. The molecule has 8 heteroatoms. The number of carbonyl (C=O) groups is 3. The van der Waals surface area contributed by atoms with Gasteiger partial charge < -0.3 is 20.0 Å². The van der Waals surface area contributed by atoms with Crippen molar-refractivity contribution in [1.82, 2.24) is 9.80 Å². The Bertz CT molecular complexity index is 972. The molecule has 7 atom stereocenters. The van der Waals surface area contributed by atoms with Crippen LogP contribution in [0.3, 0.4) is 0 Å². The molecular formula is C27H36N2O5S. The Kier molecular flexibility index (Phi) is 7.62. The van der Waals surface area contributed by atoms with Gasteiger partial charge in [0.25, 0.3) is 0 Å². The minimum Gasteiger partial charge on any atom is -0.481 e. The van der Waals surface area contributed by atoms with Crippen LogP contribution >= 0.6 is 11.8 Å². The Hall–Kier alpha value is -2.32. The molecule has 2 bridgehead atoms. The van der Waals surface area contributed by atoms with E-state index in [9.17, 15) is 24.6 Å². The maximum atomic E-state index is 14.3. The molecule has 3 saturated heterocycles. The minimum absolute atomic E-state index is 0.00817. The molecule has 4 rings (SSSR count). The first kappa shape index (κ1) is 25.8. The van der Waals surface area contributed by atoms with Gasteiger partial charge in [0.1, 0.15) is 6.04 Å². The van der Waals surface area contributed by atoms with E-state index < -0.39 is 34.6 Å². The zero-order valence-electron chi connectivity index (χ0n) is 20.5. The molecule has 190 valence electrons. The number of rotatable bonds is 11. The molecule has 3 heterocycles. The monoisotopic (exact) mass is 500 g/mol. The molecule has 3 aliphatic heterocycles. The smallest absolute Gasteiger partial charge is 0.308 e. The Balaban J connectivity index is 1.80. The second kappa shape index (κ2) is 10.3. The van der Waals surface area contributed by atoms with Crippen molar-refractivity contribution in [3.63, 3.8) is 0 Å². The molecule has 0 aliphatic carbocycles. The van der Waals surface area contributed by atoms with Gasteiger partial charge in [-0.05, 0) is 30.7 Å². The van der Waals surface area contributed by atoms with Crippen molar-refractivity contribution in [2.75, 3.05) is 19.7 Å². The molecule has 0 saturated carbocycles. The number of carboxylic acids is 1. The largest absolute Gasteiger partial charge is 0.481 e. The number of aliphatic hydroxyl groups is 1. The number of aliphatic carboxylic acids is 1. The lowest BCUT2D eigenvalue weighted by Gasteiger charge is -2.42. The van der Waals surface area contributed by atoms with E-state index in [1.54, 1.807) is 15.9 Å². The third kappa shape index (κ3) is 4.18. The Morgan fingerprint density at radius 1 is 1.34 bits per heavy atom. The second-order valence-electron chi connectivity index (χ2n) is 10.1. The van der Waals surface area contributed by atoms with Crippen molar-refractivity contribution < 1.29 is 24.6 Å². The molecule has 0 radical (unpaired) electrons. The van der Waals surface area contributed by atoms with Gasteiger partial charge in [0.2, 0.25) is 11.8 Å². The van der Waals surface area contributed by atoms with E-state index in [2.05, 4.69) is 13.5 Å². The number of hydrogen-bond donors (Lipinski definition) is 2. The maximum Gasteiger partial charge on any atom is 0.308 e. The summed E-state index contributed by atoms with van der Waals surface area (Å²) in [6.45, 7) is 8.55. The fourth-order valence-electron chi connectivity index (χ4n) is 6.52. The third-order valence-corrected chi connectivity index (χ3v) is 10.1. The Morgan fingerprint density at radius 2 is 2.06 bits per heavy atom. The highest BCUT2D eigenvalue weighted by atomic mass is 32.2. The molecular weight excluding hydrogens is 464 g/mol. The first-order valence-electron chi connectivity index (χ1n) is 12.6. The van der Waals surface area contributed by atoms with Crippen LogP contribution in [-0.2, 0) is 20.8 Å². The molecule has 35 heavy (non-hydrogen) atoms. The van der Waals surface area contributed by atoms with E-state index in [4.69, 9.17) is 0 Å². The van der Waals surface area contributed by atoms with Gasteiger partial charge in [0, 0.05) is 18.3 Å². The molecule has 3 fully saturated rings. The number of amides is 2. The lowest BCUT2D eigenvalue weighted by atomic mass is 9.66. The number of hydrogen-bond acceptors (Lipinski definition) is 5. The van der Waals surface area contributed by atoms with E-state index >= 15 is 0 Å². The van der Waals surface area contributed by atoms with Crippen LogP contribution < -0.4 is 0 Å². The van der Waals surface area contributed by atoms with Crippen molar-refractivity contribution >= 4 is 29.5 Å². The van der Waals surface area contributed by atoms with E-state index in [1.165, 1.54) is 11.8 Å². The number of benzene rings is 1. The van der Waals surface area contributed by atoms with Crippen LogP contribution in [-0.4, -0.2) is 79.6 Å². The number of carbonyl (C=O) groups excluding carboxylic acids is 2. The van der Waals surface area contributed by atoms with Crippen LogP contribution in [0.2, 0.25) is 0 Å². The fraction of sp³-hybridized carbons (Fsp3) is 0.593. The summed E-state index contributed by atoms with van der Waals surface area (Å²) in [5.41, 5.74) is 0.953. The van der Waals surface area contributed by atoms with Gasteiger partial charge in [-0.1, -0.05) is 56.7 Å². The maximum absolute atomic E-state index is 14.3. The van der Waals surface area contributed by atoms with Gasteiger partial charge in [-0.15, -0.1) is 18.3 Å². The highest BCUT2D eigenvalue weighted by molar-refractivity contribution is 8.02. The Morgan fingerprint density at radius 3 is 2.66 bits per heavy atom. The summed E-state index contributed by atoms with van der Waals surface area (Å²) in [6, 6.07) is 8.16. The average molecular weight is 501 g/mol. The lowest BCUT2D eigenvalue weighted by Crippen LogP contribution is -2.59. The summed E-state index contributed by atoms with van der Waals surface area (Å²) in [4.78, 5) is 44.0. The van der Waals surface area contributed by atoms with Crippen LogP contribution in [0.4, 0.5) is 0 Å². The van der Waals surface area contributed by atoms with Gasteiger partial charge in [-0.3, -0.25) is 14.4 Å². The number of fused-ring (bicyclic) bond motifs is 1. The van der Waals surface area contributed by atoms with E-state index in [0.29, 0.717) is 25.9 Å². The van der Waals surface area contributed by atoms with Crippen molar-refractivity contribution in [3.05, 3.63) is 48.6 Å². The van der Waals surface area contributed by atoms with Crippen molar-refractivity contribution in [3.8, 4) is 0 Å². The first-order valence-corrected chi connectivity index (χ1v) is 13.5. The number of nitrogens with zero attached hydrogens (tertiary/aromatic N) is 2. The predicted molar refractivity (Wildman–Crippen MR) is 136 cm³/mol. The summed E-state index contributed by atoms with van der Waals surface area (Å²) < 4.78 is -0.808. The molecule has 7 nitrogen and oxygen atoms in total. The zero-order chi connectivity index (χ0) is 25.3. The average Bonchev–Trinajstić information content (AvgIpc) is 3.44. The fourth-order valence-corrected chi connectivity index (χ4v) is 8.92. The second-order valence-corrected chi connectivity index (χ2v) is 11.6. The lowest BCUT2D eigenvalue weighted by molar-refractivity contribution is -0.150. The molecule has 1 aromatic rings. The molecule has 1 spiro atoms. The van der Waals surface area contributed by atoms with E-state index in [0.717, 1.165) is 18.4 Å². The van der Waals surface area contributed by atoms with Gasteiger partial charge in [0.05, 0.1) is 29.2 Å². The zero-order valence-corrected chi connectivity index (χ0v) is 21.3. The van der Waals surface area contributed by atoms with Crippen LogP contribution in [0, 0.1) is 17.8 Å². The molecule has 2 N–H and O–H groups in total. The molecule has 3 aliphatic rings. The molecule has 0 aromatic heterocycles. The number of unbranched alkanes of at least 4 members (excludes halogenated alkanes) is 1. The van der Waals surface area contributed by atoms with Crippen molar-refractivity contribution in [2.45, 2.75) is 61.6 Å². The van der Waals surface area contributed by atoms with Gasteiger partial charge in [-0.2, -0.15) is 0 Å². The van der Waals surface area contributed by atoms with E-state index in [-0.39, 0.29) is 29.6 Å². The van der Waals surface area contributed by atoms with E-state index in [1.807, 2.05) is 37.3 Å². The minimum atomic E-state index is -0.972. The van der Waals surface area contributed by atoms with Crippen LogP contribution in [0.1, 0.15) is 38.7 Å². The SMILES string of the molecule is C=CCN(CCCC)C(=O)C1N([C@@H](CO)Cc2ccccc2)C(=O)[C@@H]2[C@@H](C(=O)O)[C@H]3CC(C)C12S3. The van der Waals surface area contributed by atoms with Gasteiger partial charge in [0.15, 0.2) is 0 Å². The van der Waals surface area contributed by atoms with Crippen molar-refractivity contribution in [1.29, 1.82) is 0 Å². The van der Waals surface area contributed by atoms with Gasteiger partial charge >= 0.3 is 5.97 Å². The standard InChI is InChI=1S/C27H36N2O5S/c1-4-6-13-28(12-5-2)25(32)23-27-17(3)14-20(35-27)21(26(33)34)22(27)24(31)29(23)19(16-30)15-18-10-8-7-9-11-18/h5,7-11,17,19-23,30H,2,4,6,12-16H2,1,3H3,(H,33,34)/t17?,19-,20-,21+,22+,23?,27?/m1/s1. The van der Waals surface area contributed by atoms with Crippen molar-refractivity contribution in [2.24, 2.45) is 17.8 Å². The van der Waals surface area contributed by atoms with Crippen LogP contribution in [0.5, 0.6) is 0 Å². The number of likely N-dealkylation sites (tertiary alicyclic amines) is 1. The highest BCUT2D eigenvalue weighted by Crippen LogP contribution is 2.68. The first-order chi connectivity index (χ1) is 16.8. The summed E-state index contributed by atoms with van der Waals surface area (Å²) >= 11 is 1.53. The summed E-state index contributed by atoms with van der Waals surface area (Å²) in [6.07, 6.45) is 4.51. The van der Waals surface area contributed by atoms with Crippen LogP contribution in [0.25, 0.3) is 0 Å². The topological polar surface area (TPSA) is 98.2 Å². The predicted octanol–water partition coefficient (Wildman–Crippen LogP) is 2.83. The van der Waals surface area contributed by atoms with Crippen LogP contribution in [0.15, 0.2) is 43.0 Å². The quantitative estimate of drug-likeness (QED) is 0.454. The Labute approximate surface area is 211 Å². The molecule has 1 aromatic carbocycles.